The number of nitrogens with one attached hydrogen (secondary N) is 1. The minimum absolute atomic E-state index is 0.0630. The molecule has 1 aromatic carbocycles. The Bertz CT molecular complexity index is 599. The van der Waals surface area contributed by atoms with E-state index in [1.807, 2.05) is 0 Å². The molecule has 4 nitrogen and oxygen atoms in total. The number of halogens is 2. The lowest BCUT2D eigenvalue weighted by molar-refractivity contribution is -0.122. The number of carbonyl (C=O) groups excluding carboxylic acids is 1. The van der Waals surface area contributed by atoms with Gasteiger partial charge in [0.1, 0.15) is 11.7 Å². The maximum atomic E-state index is 14.1. The lowest BCUT2D eigenvalue weighted by Gasteiger charge is -2.26. The molecule has 1 atom stereocenters. The summed E-state index contributed by atoms with van der Waals surface area (Å²) >= 11 is 0. The summed E-state index contributed by atoms with van der Waals surface area (Å²) in [5.41, 5.74) is -0.269. The number of hydrogen-bond donors (Lipinski definition) is 1. The zero-order valence-corrected chi connectivity index (χ0v) is 11.4. The summed E-state index contributed by atoms with van der Waals surface area (Å²) in [5.74, 6) is -1.76. The fourth-order valence-corrected chi connectivity index (χ4v) is 2.74. The minimum atomic E-state index is -0.794. The summed E-state index contributed by atoms with van der Waals surface area (Å²) in [6.45, 7) is 0.433. The van der Waals surface area contributed by atoms with Gasteiger partial charge in [-0.05, 0) is 37.8 Å². The van der Waals surface area contributed by atoms with Gasteiger partial charge >= 0.3 is 0 Å². The van der Waals surface area contributed by atoms with E-state index in [4.69, 9.17) is 5.26 Å². The predicted molar refractivity (Wildman–Crippen MR) is 72.6 cm³/mol. The van der Waals surface area contributed by atoms with Gasteiger partial charge in [-0.15, -0.1) is 0 Å². The first-order chi connectivity index (χ1) is 10.1. The van der Waals surface area contributed by atoms with Gasteiger partial charge in [0, 0.05) is 12.6 Å². The van der Waals surface area contributed by atoms with E-state index in [2.05, 4.69) is 5.32 Å². The Labute approximate surface area is 121 Å². The molecule has 1 aliphatic carbocycles. The molecule has 0 bridgehead atoms. The topological polar surface area (TPSA) is 56.1 Å². The molecular formula is C15H15F2N3O. The van der Waals surface area contributed by atoms with Crippen molar-refractivity contribution in [2.75, 3.05) is 11.4 Å². The van der Waals surface area contributed by atoms with Crippen LogP contribution in [0.5, 0.6) is 0 Å². The molecule has 0 radical (unpaired) electrons. The van der Waals surface area contributed by atoms with Crippen molar-refractivity contribution in [3.63, 3.8) is 0 Å². The van der Waals surface area contributed by atoms with E-state index in [0.717, 1.165) is 25.0 Å². The standard InChI is InChI=1S/C15H15F2N3O/c16-11-6-9(8-18)7-12(17)14(11)20-5-1-2-13(20)15(21)19-10-3-4-10/h6-7,10,13H,1-5H2,(H,19,21). The molecule has 2 aliphatic rings. The van der Waals surface area contributed by atoms with E-state index < -0.39 is 17.7 Å². The summed E-state index contributed by atoms with van der Waals surface area (Å²) in [6, 6.07) is 3.41. The lowest BCUT2D eigenvalue weighted by atomic mass is 10.1. The Morgan fingerprint density at radius 1 is 1.29 bits per heavy atom. The molecule has 110 valence electrons. The van der Waals surface area contributed by atoms with Crippen LogP contribution in [0.25, 0.3) is 0 Å². The molecule has 21 heavy (non-hydrogen) atoms. The number of nitriles is 1. The van der Waals surface area contributed by atoms with Gasteiger partial charge < -0.3 is 10.2 Å². The molecule has 1 aromatic rings. The van der Waals surface area contributed by atoms with Crippen LogP contribution < -0.4 is 10.2 Å². The van der Waals surface area contributed by atoms with Gasteiger partial charge in [0.05, 0.1) is 11.6 Å². The third kappa shape index (κ3) is 2.68. The van der Waals surface area contributed by atoms with Crippen LogP contribution in [0.4, 0.5) is 14.5 Å². The molecule has 1 heterocycles. The van der Waals surface area contributed by atoms with Crippen molar-refractivity contribution in [3.8, 4) is 6.07 Å². The van der Waals surface area contributed by atoms with E-state index >= 15 is 0 Å². The largest absolute Gasteiger partial charge is 0.355 e. The number of carbonyl (C=O) groups is 1. The van der Waals surface area contributed by atoms with Crippen molar-refractivity contribution >= 4 is 11.6 Å². The van der Waals surface area contributed by atoms with E-state index in [1.54, 1.807) is 6.07 Å². The van der Waals surface area contributed by atoms with E-state index in [-0.39, 0.29) is 23.2 Å². The highest BCUT2D eigenvalue weighted by molar-refractivity contribution is 5.86. The second-order valence-electron chi connectivity index (χ2n) is 5.53. The van der Waals surface area contributed by atoms with Gasteiger partial charge in [-0.3, -0.25) is 4.79 Å². The summed E-state index contributed by atoms with van der Waals surface area (Å²) in [4.78, 5) is 13.7. The lowest BCUT2D eigenvalue weighted by Crippen LogP contribution is -2.44. The molecule has 1 amide bonds. The highest BCUT2D eigenvalue weighted by atomic mass is 19.1. The normalized spacial score (nSPS) is 21.2. The first-order valence-electron chi connectivity index (χ1n) is 7.06. The number of benzene rings is 1. The number of anilines is 1. The molecule has 3 rings (SSSR count). The quantitative estimate of drug-likeness (QED) is 0.927. The molecule has 6 heteroatoms. The number of nitrogens with zero attached hydrogens (tertiary/aromatic N) is 2. The highest BCUT2D eigenvalue weighted by Gasteiger charge is 2.36. The fraction of sp³-hybridized carbons (Fsp3) is 0.467. The second kappa shape index (κ2) is 5.32. The van der Waals surface area contributed by atoms with E-state index in [9.17, 15) is 13.6 Å². The van der Waals surface area contributed by atoms with Crippen LogP contribution in [0.1, 0.15) is 31.2 Å². The zero-order chi connectivity index (χ0) is 15.0. The molecule has 1 saturated carbocycles. The third-order valence-corrected chi connectivity index (χ3v) is 3.91. The SMILES string of the molecule is N#Cc1cc(F)c(N2CCCC2C(=O)NC2CC2)c(F)c1. The Kier molecular flexibility index (Phi) is 3.50. The van der Waals surface area contributed by atoms with Crippen molar-refractivity contribution in [2.45, 2.75) is 37.8 Å². The van der Waals surface area contributed by atoms with Gasteiger partial charge in [-0.1, -0.05) is 0 Å². The predicted octanol–water partition coefficient (Wildman–Crippen LogP) is 2.08. The maximum absolute atomic E-state index is 14.1. The average Bonchev–Trinajstić information content (AvgIpc) is 3.12. The number of amides is 1. The Hall–Kier alpha value is -2.16. The first-order valence-corrected chi connectivity index (χ1v) is 7.06. The van der Waals surface area contributed by atoms with Gasteiger partial charge in [-0.2, -0.15) is 5.26 Å². The molecule has 1 saturated heterocycles. The highest BCUT2D eigenvalue weighted by Crippen LogP contribution is 2.32. The molecule has 1 aliphatic heterocycles. The van der Waals surface area contributed by atoms with Crippen molar-refractivity contribution in [3.05, 3.63) is 29.3 Å². The Morgan fingerprint density at radius 3 is 2.52 bits per heavy atom. The molecule has 0 spiro atoms. The first kappa shape index (κ1) is 13.8. The van der Waals surface area contributed by atoms with Crippen molar-refractivity contribution in [1.82, 2.24) is 5.32 Å². The summed E-state index contributed by atoms with van der Waals surface area (Å²) in [5, 5.41) is 11.6. The van der Waals surface area contributed by atoms with Gasteiger partial charge in [-0.25, -0.2) is 8.78 Å². The molecule has 1 N–H and O–H groups in total. The van der Waals surface area contributed by atoms with Crippen molar-refractivity contribution < 1.29 is 13.6 Å². The molecule has 0 aromatic heterocycles. The van der Waals surface area contributed by atoms with Crippen LogP contribution in [0, 0.1) is 23.0 Å². The van der Waals surface area contributed by atoms with Crippen LogP contribution in [-0.4, -0.2) is 24.5 Å². The summed E-state index contributed by atoms with van der Waals surface area (Å²) in [6.07, 6.45) is 3.23. The van der Waals surface area contributed by atoms with Crippen LogP contribution >= 0.6 is 0 Å². The van der Waals surface area contributed by atoms with Crippen LogP contribution in [-0.2, 0) is 4.79 Å². The van der Waals surface area contributed by atoms with Gasteiger partial charge in [0.15, 0.2) is 11.6 Å². The third-order valence-electron chi connectivity index (χ3n) is 3.91. The zero-order valence-electron chi connectivity index (χ0n) is 11.4. The van der Waals surface area contributed by atoms with Gasteiger partial charge in [0.2, 0.25) is 5.91 Å². The monoisotopic (exact) mass is 291 g/mol. The van der Waals surface area contributed by atoms with Crippen LogP contribution in [0.2, 0.25) is 0 Å². The van der Waals surface area contributed by atoms with Crippen LogP contribution in [0.3, 0.4) is 0 Å². The maximum Gasteiger partial charge on any atom is 0.242 e. The minimum Gasteiger partial charge on any atom is -0.355 e. The smallest absolute Gasteiger partial charge is 0.242 e. The van der Waals surface area contributed by atoms with Crippen molar-refractivity contribution in [1.29, 1.82) is 5.26 Å². The van der Waals surface area contributed by atoms with Crippen molar-refractivity contribution in [2.24, 2.45) is 0 Å². The number of rotatable bonds is 3. The second-order valence-corrected chi connectivity index (χ2v) is 5.53. The van der Waals surface area contributed by atoms with E-state index in [1.165, 1.54) is 4.90 Å². The van der Waals surface area contributed by atoms with E-state index in [0.29, 0.717) is 19.4 Å². The Balaban J connectivity index is 1.88. The molecule has 1 unspecified atom stereocenters. The van der Waals surface area contributed by atoms with Crippen LogP contribution in [0.15, 0.2) is 12.1 Å². The molecule has 2 fully saturated rings. The summed E-state index contributed by atoms with van der Waals surface area (Å²) in [7, 11) is 0. The molecular weight excluding hydrogens is 276 g/mol. The van der Waals surface area contributed by atoms with Gasteiger partial charge in [0.25, 0.3) is 0 Å². The number of hydrogen-bond acceptors (Lipinski definition) is 3. The Morgan fingerprint density at radius 2 is 1.95 bits per heavy atom. The fourth-order valence-electron chi connectivity index (χ4n) is 2.74. The average molecular weight is 291 g/mol. The summed E-state index contributed by atoms with van der Waals surface area (Å²) < 4.78 is 28.2.